The van der Waals surface area contributed by atoms with E-state index in [1.807, 2.05) is 22.9 Å². The molecule has 3 rings (SSSR count). The Bertz CT molecular complexity index is 869. The second-order valence-corrected chi connectivity index (χ2v) is 6.36. The molecule has 2 aromatic heterocycles. The molecule has 2 N–H and O–H groups in total. The second-order valence-electron chi connectivity index (χ2n) is 5.92. The molecule has 0 aliphatic rings. The zero-order valence-electron chi connectivity index (χ0n) is 14.1. The van der Waals surface area contributed by atoms with Crippen LogP contribution in [0.4, 0.5) is 0 Å². The summed E-state index contributed by atoms with van der Waals surface area (Å²) in [5.41, 5.74) is 1.68. The summed E-state index contributed by atoms with van der Waals surface area (Å²) in [7, 11) is 0. The van der Waals surface area contributed by atoms with Crippen LogP contribution in [-0.4, -0.2) is 32.8 Å². The van der Waals surface area contributed by atoms with Crippen molar-refractivity contribution in [1.29, 1.82) is 0 Å². The maximum atomic E-state index is 12.3. The van der Waals surface area contributed by atoms with Crippen LogP contribution in [0, 0.1) is 0 Å². The lowest BCUT2D eigenvalue weighted by atomic mass is 10.1. The first-order valence-corrected chi connectivity index (χ1v) is 8.70. The topological polar surface area (TPSA) is 79.8 Å². The Morgan fingerprint density at radius 1 is 1.12 bits per heavy atom. The third kappa shape index (κ3) is 4.83. The largest absolute Gasteiger partial charge is 0.351 e. The lowest BCUT2D eigenvalue weighted by Crippen LogP contribution is -2.25. The molecule has 0 saturated heterocycles. The summed E-state index contributed by atoms with van der Waals surface area (Å²) in [5.74, 6) is -0.298. The van der Waals surface area contributed by atoms with Gasteiger partial charge in [-0.05, 0) is 36.2 Å². The highest BCUT2D eigenvalue weighted by molar-refractivity contribution is 6.30. The Morgan fingerprint density at radius 2 is 1.88 bits per heavy atom. The van der Waals surface area contributed by atoms with Crippen molar-refractivity contribution in [1.82, 2.24) is 19.9 Å². The highest BCUT2D eigenvalue weighted by atomic mass is 35.5. The number of aromatic nitrogens is 3. The van der Waals surface area contributed by atoms with Crippen molar-refractivity contribution in [3.05, 3.63) is 77.1 Å². The molecule has 0 bridgehead atoms. The lowest BCUT2D eigenvalue weighted by molar-refractivity contribution is 0.0948. The quantitative estimate of drug-likeness (QED) is 0.472. The van der Waals surface area contributed by atoms with Crippen molar-refractivity contribution in [2.45, 2.75) is 19.4 Å². The normalized spacial score (nSPS) is 10.7. The Balaban J connectivity index is 1.49. The number of rotatable bonds is 8. The molecule has 0 aliphatic heterocycles. The van der Waals surface area contributed by atoms with Gasteiger partial charge < -0.3 is 14.9 Å². The molecule has 26 heavy (non-hydrogen) atoms. The number of carbonyl (C=O) groups excluding carboxylic acids is 2. The van der Waals surface area contributed by atoms with Gasteiger partial charge >= 0.3 is 0 Å². The molecule has 1 aromatic carbocycles. The van der Waals surface area contributed by atoms with Gasteiger partial charge in [0.15, 0.2) is 5.78 Å². The summed E-state index contributed by atoms with van der Waals surface area (Å²) in [5, 5.41) is 3.47. The van der Waals surface area contributed by atoms with Gasteiger partial charge in [-0.1, -0.05) is 23.7 Å². The van der Waals surface area contributed by atoms with Crippen molar-refractivity contribution in [3.63, 3.8) is 0 Å². The molecule has 0 radical (unpaired) electrons. The molecular formula is C19H19ClN4O2. The monoisotopic (exact) mass is 370 g/mol. The number of H-pyrrole nitrogens is 1. The van der Waals surface area contributed by atoms with E-state index in [1.54, 1.807) is 36.8 Å². The molecule has 3 aromatic rings. The van der Waals surface area contributed by atoms with Gasteiger partial charge in [-0.3, -0.25) is 9.59 Å². The first kappa shape index (κ1) is 17.9. The zero-order valence-corrected chi connectivity index (χ0v) is 14.9. The number of benzene rings is 1. The fourth-order valence-corrected chi connectivity index (χ4v) is 2.68. The predicted molar refractivity (Wildman–Crippen MR) is 99.5 cm³/mol. The van der Waals surface area contributed by atoms with Gasteiger partial charge in [-0.15, -0.1) is 0 Å². The molecule has 134 valence electrons. The van der Waals surface area contributed by atoms with Crippen LogP contribution in [0.3, 0.4) is 0 Å². The number of nitrogens with zero attached hydrogens (tertiary/aromatic N) is 2. The summed E-state index contributed by atoms with van der Waals surface area (Å²) < 4.78 is 1.95. The van der Waals surface area contributed by atoms with E-state index >= 15 is 0 Å². The zero-order chi connectivity index (χ0) is 18.4. The Hall–Kier alpha value is -2.86. The van der Waals surface area contributed by atoms with Crippen molar-refractivity contribution in [2.75, 3.05) is 6.54 Å². The molecule has 2 heterocycles. The van der Waals surface area contributed by atoms with Crippen LogP contribution < -0.4 is 5.32 Å². The van der Waals surface area contributed by atoms with Gasteiger partial charge in [0.25, 0.3) is 5.91 Å². The van der Waals surface area contributed by atoms with Crippen molar-refractivity contribution in [3.8, 4) is 0 Å². The average molecular weight is 371 g/mol. The summed E-state index contributed by atoms with van der Waals surface area (Å²) >= 11 is 5.84. The smallest absolute Gasteiger partial charge is 0.267 e. The fraction of sp³-hybridized carbons (Fsp3) is 0.211. The number of aryl methyl sites for hydroxylation is 1. The molecule has 0 unspecified atom stereocenters. The molecule has 0 saturated carbocycles. The summed E-state index contributed by atoms with van der Waals surface area (Å²) in [4.78, 5) is 31.3. The molecule has 1 amide bonds. The van der Waals surface area contributed by atoms with Crippen LogP contribution in [0.1, 0.15) is 33.0 Å². The van der Waals surface area contributed by atoms with Gasteiger partial charge in [-0.2, -0.15) is 0 Å². The minimum absolute atomic E-state index is 0.0773. The molecule has 0 aliphatic carbocycles. The summed E-state index contributed by atoms with van der Waals surface area (Å²) in [6, 6.07) is 10.4. The minimum Gasteiger partial charge on any atom is -0.351 e. The van der Waals surface area contributed by atoms with E-state index in [9.17, 15) is 9.59 Å². The summed E-state index contributed by atoms with van der Waals surface area (Å²) in [6.07, 6.45) is 6.39. The van der Waals surface area contributed by atoms with Crippen molar-refractivity contribution >= 4 is 23.3 Å². The Morgan fingerprint density at radius 3 is 2.62 bits per heavy atom. The number of aromatic amines is 1. The van der Waals surface area contributed by atoms with Crippen LogP contribution in [0.15, 0.2) is 55.1 Å². The minimum atomic E-state index is -0.221. The van der Waals surface area contributed by atoms with Crippen LogP contribution in [0.2, 0.25) is 5.02 Å². The first-order valence-electron chi connectivity index (χ1n) is 8.32. The third-order valence-corrected chi connectivity index (χ3v) is 4.20. The van der Waals surface area contributed by atoms with E-state index < -0.39 is 0 Å². The molecule has 0 spiro atoms. The molecule has 0 fully saturated rings. The molecular weight excluding hydrogens is 352 g/mol. The van der Waals surface area contributed by atoms with E-state index in [4.69, 9.17) is 11.6 Å². The molecule has 7 heteroatoms. The number of hydrogen-bond acceptors (Lipinski definition) is 3. The lowest BCUT2D eigenvalue weighted by Gasteiger charge is -2.04. The standard InChI is InChI=1S/C19H19ClN4O2/c20-15-4-2-14(3-5-15)12-18(25)16-6-7-17(23-16)19(26)22-8-1-10-24-11-9-21-13-24/h2-7,9,11,13,23H,1,8,10,12H2,(H,22,26). The van der Waals surface area contributed by atoms with E-state index in [0.29, 0.717) is 23.0 Å². The number of halogens is 1. The van der Waals surface area contributed by atoms with Crippen molar-refractivity contribution < 1.29 is 9.59 Å². The fourth-order valence-electron chi connectivity index (χ4n) is 2.55. The highest BCUT2D eigenvalue weighted by Gasteiger charge is 2.13. The van der Waals surface area contributed by atoms with Crippen molar-refractivity contribution in [2.24, 2.45) is 0 Å². The number of hydrogen-bond donors (Lipinski definition) is 2. The number of imidazole rings is 1. The van der Waals surface area contributed by atoms with Crippen LogP contribution >= 0.6 is 11.6 Å². The highest BCUT2D eigenvalue weighted by Crippen LogP contribution is 2.12. The SMILES string of the molecule is O=C(Cc1ccc(Cl)cc1)c1ccc(C(=O)NCCCn2ccnc2)[nH]1. The van der Waals surface area contributed by atoms with Crippen LogP contribution in [-0.2, 0) is 13.0 Å². The Labute approximate surface area is 156 Å². The van der Waals surface area contributed by atoms with E-state index in [-0.39, 0.29) is 18.1 Å². The van der Waals surface area contributed by atoms with E-state index in [2.05, 4.69) is 15.3 Å². The van der Waals surface area contributed by atoms with Crippen LogP contribution in [0.5, 0.6) is 0 Å². The van der Waals surface area contributed by atoms with Gasteiger partial charge in [0.2, 0.25) is 0 Å². The number of Topliss-reactive ketones (excluding diaryl/α,β-unsaturated/α-hetero) is 1. The Kier molecular flexibility index (Phi) is 5.86. The first-order chi connectivity index (χ1) is 12.6. The number of nitrogens with one attached hydrogen (secondary N) is 2. The van der Waals surface area contributed by atoms with Gasteiger partial charge in [0.05, 0.1) is 12.0 Å². The van der Waals surface area contributed by atoms with Gasteiger partial charge in [0.1, 0.15) is 5.69 Å². The third-order valence-electron chi connectivity index (χ3n) is 3.95. The maximum absolute atomic E-state index is 12.3. The molecule has 6 nitrogen and oxygen atoms in total. The second kappa shape index (κ2) is 8.49. The number of carbonyl (C=O) groups is 2. The predicted octanol–water partition coefficient (Wildman–Crippen LogP) is 3.11. The van der Waals surface area contributed by atoms with Crippen LogP contribution in [0.25, 0.3) is 0 Å². The average Bonchev–Trinajstić information content (AvgIpc) is 3.32. The maximum Gasteiger partial charge on any atom is 0.267 e. The van der Waals surface area contributed by atoms with Gasteiger partial charge in [-0.25, -0.2) is 4.98 Å². The van der Waals surface area contributed by atoms with Gasteiger partial charge in [0, 0.05) is 36.9 Å². The number of ketones is 1. The number of amides is 1. The summed E-state index contributed by atoms with van der Waals surface area (Å²) in [6.45, 7) is 1.33. The molecule has 0 atom stereocenters. The van der Waals surface area contributed by atoms with E-state index in [0.717, 1.165) is 18.5 Å². The van der Waals surface area contributed by atoms with E-state index in [1.165, 1.54) is 0 Å².